The van der Waals surface area contributed by atoms with Gasteiger partial charge in [-0.15, -0.1) is 0 Å². The van der Waals surface area contributed by atoms with Crippen molar-refractivity contribution >= 4 is 21.9 Å². The molecule has 0 amide bonds. The van der Waals surface area contributed by atoms with Gasteiger partial charge < -0.3 is 4.57 Å². The predicted octanol–water partition coefficient (Wildman–Crippen LogP) is 2.12. The van der Waals surface area contributed by atoms with E-state index in [-0.39, 0.29) is 0 Å². The van der Waals surface area contributed by atoms with Crippen LogP contribution < -0.4 is 0 Å². The summed E-state index contributed by atoms with van der Waals surface area (Å²) in [6, 6.07) is 6.04. The molecule has 0 spiro atoms. The van der Waals surface area contributed by atoms with Crippen molar-refractivity contribution in [3.63, 3.8) is 0 Å². The SMILES string of the molecule is Cn1c2ccncc2c2ncccc21. The highest BCUT2D eigenvalue weighted by Gasteiger charge is 2.06. The number of nitrogens with zero attached hydrogens (tertiary/aromatic N) is 3. The molecule has 0 aliphatic carbocycles. The van der Waals surface area contributed by atoms with Gasteiger partial charge in [0.05, 0.1) is 16.6 Å². The lowest BCUT2D eigenvalue weighted by molar-refractivity contribution is 1.01. The molecule has 0 N–H and O–H groups in total. The molecule has 0 fully saturated rings. The summed E-state index contributed by atoms with van der Waals surface area (Å²) in [5.41, 5.74) is 3.35. The Morgan fingerprint density at radius 2 is 2.07 bits per heavy atom. The largest absolute Gasteiger partial charge is 0.342 e. The standard InChI is InChI=1S/C11H9N3/c1-14-9-4-6-12-7-8(9)11-10(14)3-2-5-13-11/h2-7H,1H3. The van der Waals surface area contributed by atoms with E-state index < -0.39 is 0 Å². The molecule has 68 valence electrons. The van der Waals surface area contributed by atoms with Gasteiger partial charge in [0.25, 0.3) is 0 Å². The fraction of sp³-hybridized carbons (Fsp3) is 0.0909. The van der Waals surface area contributed by atoms with Crippen LogP contribution in [0.1, 0.15) is 0 Å². The first-order valence-corrected chi connectivity index (χ1v) is 4.51. The molecule has 3 heterocycles. The molecule has 3 aromatic rings. The zero-order valence-corrected chi connectivity index (χ0v) is 7.81. The van der Waals surface area contributed by atoms with Gasteiger partial charge in [-0.3, -0.25) is 9.97 Å². The average molecular weight is 183 g/mol. The predicted molar refractivity (Wildman–Crippen MR) is 56.0 cm³/mol. The van der Waals surface area contributed by atoms with Crippen molar-refractivity contribution in [3.8, 4) is 0 Å². The molecular formula is C11H9N3. The number of hydrogen-bond acceptors (Lipinski definition) is 2. The third-order valence-corrected chi connectivity index (χ3v) is 2.56. The van der Waals surface area contributed by atoms with Crippen molar-refractivity contribution in [1.29, 1.82) is 0 Å². The van der Waals surface area contributed by atoms with Gasteiger partial charge in [0.1, 0.15) is 0 Å². The van der Waals surface area contributed by atoms with Gasteiger partial charge in [-0.25, -0.2) is 0 Å². The Morgan fingerprint density at radius 3 is 3.00 bits per heavy atom. The second kappa shape index (κ2) is 2.54. The van der Waals surface area contributed by atoms with E-state index in [4.69, 9.17) is 0 Å². The van der Waals surface area contributed by atoms with Crippen molar-refractivity contribution in [2.24, 2.45) is 7.05 Å². The summed E-state index contributed by atoms with van der Waals surface area (Å²) in [5, 5.41) is 1.12. The highest BCUT2D eigenvalue weighted by Crippen LogP contribution is 2.24. The molecule has 3 rings (SSSR count). The lowest BCUT2D eigenvalue weighted by atomic mass is 10.3. The van der Waals surface area contributed by atoms with E-state index in [1.165, 1.54) is 5.52 Å². The quantitative estimate of drug-likeness (QED) is 0.534. The fourth-order valence-corrected chi connectivity index (χ4v) is 1.87. The summed E-state index contributed by atoms with van der Waals surface area (Å²) in [6.07, 6.45) is 5.49. The Hall–Kier alpha value is -1.90. The minimum absolute atomic E-state index is 1.03. The minimum Gasteiger partial charge on any atom is -0.342 e. The van der Waals surface area contributed by atoms with E-state index in [0.29, 0.717) is 0 Å². The normalized spacial score (nSPS) is 11.2. The number of hydrogen-bond donors (Lipinski definition) is 0. The summed E-state index contributed by atoms with van der Waals surface area (Å²) in [7, 11) is 2.05. The van der Waals surface area contributed by atoms with Crippen LogP contribution in [-0.4, -0.2) is 14.5 Å². The smallest absolute Gasteiger partial charge is 0.0975 e. The summed E-state index contributed by atoms with van der Waals surface area (Å²) in [4.78, 5) is 8.49. The summed E-state index contributed by atoms with van der Waals surface area (Å²) in [6.45, 7) is 0. The Balaban J connectivity index is 2.69. The maximum atomic E-state index is 4.37. The maximum absolute atomic E-state index is 4.37. The van der Waals surface area contributed by atoms with Crippen molar-refractivity contribution in [3.05, 3.63) is 36.8 Å². The number of pyridine rings is 2. The Labute approximate surface area is 81.0 Å². The topological polar surface area (TPSA) is 30.7 Å². The number of rotatable bonds is 0. The van der Waals surface area contributed by atoms with E-state index in [0.717, 1.165) is 16.4 Å². The van der Waals surface area contributed by atoms with Crippen LogP contribution in [0.3, 0.4) is 0 Å². The molecule has 0 bridgehead atoms. The summed E-state index contributed by atoms with van der Waals surface area (Å²) < 4.78 is 2.14. The number of aromatic nitrogens is 3. The summed E-state index contributed by atoms with van der Waals surface area (Å²) in [5.74, 6) is 0. The van der Waals surface area contributed by atoms with Crippen LogP contribution in [0.5, 0.6) is 0 Å². The number of aryl methyl sites for hydroxylation is 1. The van der Waals surface area contributed by atoms with Crippen LogP contribution in [0.2, 0.25) is 0 Å². The van der Waals surface area contributed by atoms with E-state index >= 15 is 0 Å². The van der Waals surface area contributed by atoms with Crippen LogP contribution in [-0.2, 0) is 7.05 Å². The lowest BCUT2D eigenvalue weighted by Gasteiger charge is -1.94. The van der Waals surface area contributed by atoms with E-state index in [1.807, 2.05) is 31.6 Å². The highest BCUT2D eigenvalue weighted by molar-refractivity contribution is 6.04. The summed E-state index contributed by atoms with van der Waals surface area (Å²) >= 11 is 0. The molecule has 0 atom stereocenters. The van der Waals surface area contributed by atoms with Gasteiger partial charge in [0, 0.05) is 31.0 Å². The Kier molecular flexibility index (Phi) is 1.36. The molecule has 0 saturated carbocycles. The second-order valence-electron chi connectivity index (χ2n) is 3.32. The maximum Gasteiger partial charge on any atom is 0.0975 e. The van der Waals surface area contributed by atoms with E-state index in [9.17, 15) is 0 Å². The van der Waals surface area contributed by atoms with Gasteiger partial charge in [0.15, 0.2) is 0 Å². The molecule has 0 saturated heterocycles. The molecule has 0 aromatic carbocycles. The van der Waals surface area contributed by atoms with Crippen LogP contribution in [0.4, 0.5) is 0 Å². The molecule has 0 aliphatic heterocycles. The van der Waals surface area contributed by atoms with E-state index in [2.05, 4.69) is 20.6 Å². The van der Waals surface area contributed by atoms with Crippen LogP contribution in [0, 0.1) is 0 Å². The molecule has 3 heteroatoms. The molecule has 3 aromatic heterocycles. The van der Waals surface area contributed by atoms with Crippen LogP contribution in [0.25, 0.3) is 21.9 Å². The van der Waals surface area contributed by atoms with Gasteiger partial charge in [-0.05, 0) is 18.2 Å². The zero-order valence-electron chi connectivity index (χ0n) is 7.81. The highest BCUT2D eigenvalue weighted by atomic mass is 15.0. The van der Waals surface area contributed by atoms with Gasteiger partial charge in [-0.2, -0.15) is 0 Å². The third kappa shape index (κ3) is 0.812. The minimum atomic E-state index is 1.03. The van der Waals surface area contributed by atoms with Crippen molar-refractivity contribution in [2.45, 2.75) is 0 Å². The first-order chi connectivity index (χ1) is 6.88. The zero-order chi connectivity index (χ0) is 9.54. The average Bonchev–Trinajstić information content (AvgIpc) is 2.55. The molecule has 3 nitrogen and oxygen atoms in total. The monoisotopic (exact) mass is 183 g/mol. The van der Waals surface area contributed by atoms with Gasteiger partial charge in [0.2, 0.25) is 0 Å². The van der Waals surface area contributed by atoms with E-state index in [1.54, 1.807) is 6.20 Å². The molecular weight excluding hydrogens is 174 g/mol. The van der Waals surface area contributed by atoms with Crippen LogP contribution >= 0.6 is 0 Å². The molecule has 0 radical (unpaired) electrons. The van der Waals surface area contributed by atoms with Crippen molar-refractivity contribution < 1.29 is 0 Å². The second-order valence-corrected chi connectivity index (χ2v) is 3.32. The lowest BCUT2D eigenvalue weighted by Crippen LogP contribution is -1.85. The molecule has 14 heavy (non-hydrogen) atoms. The van der Waals surface area contributed by atoms with Gasteiger partial charge in [-0.1, -0.05) is 0 Å². The Morgan fingerprint density at radius 1 is 1.14 bits per heavy atom. The van der Waals surface area contributed by atoms with Crippen molar-refractivity contribution in [2.75, 3.05) is 0 Å². The fourth-order valence-electron chi connectivity index (χ4n) is 1.87. The molecule has 0 unspecified atom stereocenters. The Bertz CT molecular complexity index is 557. The number of fused-ring (bicyclic) bond motifs is 3. The third-order valence-electron chi connectivity index (χ3n) is 2.56. The first-order valence-electron chi connectivity index (χ1n) is 4.51. The van der Waals surface area contributed by atoms with Crippen molar-refractivity contribution in [1.82, 2.24) is 14.5 Å². The molecule has 0 aliphatic rings. The first kappa shape index (κ1) is 7.50. The van der Waals surface area contributed by atoms with Gasteiger partial charge >= 0.3 is 0 Å². The van der Waals surface area contributed by atoms with Crippen LogP contribution in [0.15, 0.2) is 36.8 Å².